The van der Waals surface area contributed by atoms with Crippen LogP contribution in [-0.2, 0) is 4.79 Å². The maximum absolute atomic E-state index is 11.2. The second kappa shape index (κ2) is 6.22. The second-order valence-corrected chi connectivity index (χ2v) is 7.33. The number of amides is 1. The van der Waals surface area contributed by atoms with E-state index in [4.69, 9.17) is 5.73 Å². The Morgan fingerprint density at radius 1 is 1.32 bits per heavy atom. The first kappa shape index (κ1) is 16.7. The summed E-state index contributed by atoms with van der Waals surface area (Å²) in [5, 5.41) is 9.85. The van der Waals surface area contributed by atoms with Crippen molar-refractivity contribution in [2.75, 3.05) is 17.2 Å². The van der Waals surface area contributed by atoms with Crippen LogP contribution in [0.2, 0.25) is 0 Å². The third-order valence-corrected chi connectivity index (χ3v) is 3.78. The molecule has 122 valence electrons. The van der Waals surface area contributed by atoms with E-state index in [0.29, 0.717) is 11.9 Å². The summed E-state index contributed by atoms with van der Waals surface area (Å²) in [5.74, 6) is 0.280. The first-order valence-corrected chi connectivity index (χ1v) is 7.71. The second-order valence-electron chi connectivity index (χ2n) is 7.33. The average molecular weight is 305 g/mol. The SMILES string of the molecule is CC1(C)CC(Nc2ccc(NC(=O)CN)nc2)CC(C)(C)N1. The highest BCUT2D eigenvalue weighted by atomic mass is 16.1. The molecular formula is C16H27N5O. The van der Waals surface area contributed by atoms with Gasteiger partial charge < -0.3 is 21.7 Å². The van der Waals surface area contributed by atoms with Gasteiger partial charge in [-0.2, -0.15) is 0 Å². The largest absolute Gasteiger partial charge is 0.381 e. The maximum atomic E-state index is 11.2. The van der Waals surface area contributed by atoms with Crippen molar-refractivity contribution >= 4 is 17.4 Å². The minimum atomic E-state index is -0.241. The van der Waals surface area contributed by atoms with Crippen LogP contribution < -0.4 is 21.7 Å². The molecule has 2 heterocycles. The molecule has 1 aliphatic rings. The van der Waals surface area contributed by atoms with Crippen LogP contribution in [-0.4, -0.2) is 34.6 Å². The highest BCUT2D eigenvalue weighted by Crippen LogP contribution is 2.30. The predicted octanol–water partition coefficient (Wildman–Crippen LogP) is 1.70. The summed E-state index contributed by atoms with van der Waals surface area (Å²) in [4.78, 5) is 15.5. The first-order chi connectivity index (χ1) is 10.2. The first-order valence-electron chi connectivity index (χ1n) is 7.71. The third kappa shape index (κ3) is 4.68. The summed E-state index contributed by atoms with van der Waals surface area (Å²) in [5.41, 5.74) is 6.43. The van der Waals surface area contributed by atoms with Gasteiger partial charge in [0.05, 0.1) is 18.4 Å². The Kier molecular flexibility index (Phi) is 4.72. The molecule has 2 rings (SSSR count). The molecule has 6 heteroatoms. The number of pyridine rings is 1. The number of nitrogens with zero attached hydrogens (tertiary/aromatic N) is 1. The van der Waals surface area contributed by atoms with Crippen LogP contribution in [0.4, 0.5) is 11.5 Å². The molecule has 0 radical (unpaired) electrons. The van der Waals surface area contributed by atoms with E-state index in [1.54, 1.807) is 12.3 Å². The van der Waals surface area contributed by atoms with Gasteiger partial charge in [-0.3, -0.25) is 4.79 Å². The van der Waals surface area contributed by atoms with E-state index in [1.165, 1.54) is 0 Å². The molecule has 1 aliphatic heterocycles. The molecule has 0 aromatic carbocycles. The van der Waals surface area contributed by atoms with Gasteiger partial charge in [0.2, 0.25) is 5.91 Å². The zero-order valence-electron chi connectivity index (χ0n) is 13.9. The monoisotopic (exact) mass is 305 g/mol. The van der Waals surface area contributed by atoms with Crippen molar-refractivity contribution in [2.45, 2.75) is 57.7 Å². The fraction of sp³-hybridized carbons (Fsp3) is 0.625. The lowest BCUT2D eigenvalue weighted by molar-refractivity contribution is -0.114. The molecule has 5 N–H and O–H groups in total. The summed E-state index contributed by atoms with van der Waals surface area (Å²) in [6.45, 7) is 8.87. The van der Waals surface area contributed by atoms with Crippen molar-refractivity contribution in [2.24, 2.45) is 5.73 Å². The third-order valence-electron chi connectivity index (χ3n) is 3.78. The summed E-state index contributed by atoms with van der Waals surface area (Å²) in [6.07, 6.45) is 3.83. The maximum Gasteiger partial charge on any atom is 0.239 e. The van der Waals surface area contributed by atoms with Crippen LogP contribution in [0.5, 0.6) is 0 Å². The lowest BCUT2D eigenvalue weighted by Crippen LogP contribution is -2.60. The average Bonchev–Trinajstić information content (AvgIpc) is 2.37. The van der Waals surface area contributed by atoms with Gasteiger partial charge in [-0.15, -0.1) is 0 Å². The van der Waals surface area contributed by atoms with Crippen molar-refractivity contribution < 1.29 is 4.79 Å². The zero-order chi connectivity index (χ0) is 16.4. The van der Waals surface area contributed by atoms with Crippen LogP contribution >= 0.6 is 0 Å². The number of hydrogen-bond acceptors (Lipinski definition) is 5. The molecule has 6 nitrogen and oxygen atoms in total. The van der Waals surface area contributed by atoms with Crippen LogP contribution in [0, 0.1) is 0 Å². The Morgan fingerprint density at radius 2 is 1.95 bits per heavy atom. The summed E-state index contributed by atoms with van der Waals surface area (Å²) in [7, 11) is 0. The number of carbonyl (C=O) groups is 1. The number of nitrogens with one attached hydrogen (secondary N) is 3. The van der Waals surface area contributed by atoms with E-state index in [2.05, 4.69) is 48.6 Å². The van der Waals surface area contributed by atoms with E-state index in [0.717, 1.165) is 18.5 Å². The van der Waals surface area contributed by atoms with Crippen molar-refractivity contribution in [1.82, 2.24) is 10.3 Å². The topological polar surface area (TPSA) is 92.1 Å². The molecule has 0 aliphatic carbocycles. The summed E-state index contributed by atoms with van der Waals surface area (Å²) < 4.78 is 0. The van der Waals surface area contributed by atoms with Gasteiger partial charge in [0.15, 0.2) is 0 Å². The number of carbonyl (C=O) groups excluding carboxylic acids is 1. The Labute approximate surface area is 132 Å². The quantitative estimate of drug-likeness (QED) is 0.679. The standard InChI is InChI=1S/C16H27N5O/c1-15(2)7-12(8-16(3,4)21-15)19-11-5-6-13(18-10-11)20-14(22)9-17/h5-6,10,12,19,21H,7-9,17H2,1-4H3,(H,18,20,22). The highest BCUT2D eigenvalue weighted by molar-refractivity contribution is 5.91. The van der Waals surface area contributed by atoms with Crippen molar-refractivity contribution in [3.05, 3.63) is 18.3 Å². The van der Waals surface area contributed by atoms with Crippen LogP contribution in [0.1, 0.15) is 40.5 Å². The molecule has 1 saturated heterocycles. The molecule has 1 aromatic heterocycles. The fourth-order valence-corrected chi connectivity index (χ4v) is 3.41. The normalized spacial score (nSPS) is 20.4. The number of aromatic nitrogens is 1. The van der Waals surface area contributed by atoms with Crippen LogP contribution in [0.15, 0.2) is 18.3 Å². The van der Waals surface area contributed by atoms with Crippen LogP contribution in [0.25, 0.3) is 0 Å². The molecule has 22 heavy (non-hydrogen) atoms. The van der Waals surface area contributed by atoms with Gasteiger partial charge >= 0.3 is 0 Å². The van der Waals surface area contributed by atoms with Crippen molar-refractivity contribution in [3.8, 4) is 0 Å². The molecule has 0 bridgehead atoms. The van der Waals surface area contributed by atoms with E-state index in [-0.39, 0.29) is 23.5 Å². The molecule has 1 fully saturated rings. The van der Waals surface area contributed by atoms with Crippen molar-refractivity contribution in [3.63, 3.8) is 0 Å². The minimum Gasteiger partial charge on any atom is -0.381 e. The highest BCUT2D eigenvalue weighted by Gasteiger charge is 2.37. The number of hydrogen-bond donors (Lipinski definition) is 4. The van der Waals surface area contributed by atoms with Gasteiger partial charge in [-0.1, -0.05) is 0 Å². The summed E-state index contributed by atoms with van der Waals surface area (Å²) in [6, 6.07) is 4.10. The van der Waals surface area contributed by atoms with E-state index < -0.39 is 0 Å². The van der Waals surface area contributed by atoms with E-state index in [1.807, 2.05) is 6.07 Å². The predicted molar refractivity (Wildman–Crippen MR) is 89.9 cm³/mol. The Hall–Kier alpha value is -1.66. The lowest BCUT2D eigenvalue weighted by Gasteiger charge is -2.46. The smallest absolute Gasteiger partial charge is 0.239 e. The van der Waals surface area contributed by atoms with Gasteiger partial charge in [0, 0.05) is 17.1 Å². The van der Waals surface area contributed by atoms with Gasteiger partial charge in [0.25, 0.3) is 0 Å². The Balaban J connectivity index is 2.00. The van der Waals surface area contributed by atoms with E-state index in [9.17, 15) is 4.79 Å². The fourth-order valence-electron chi connectivity index (χ4n) is 3.41. The zero-order valence-corrected chi connectivity index (χ0v) is 13.9. The molecule has 0 spiro atoms. The molecule has 0 saturated carbocycles. The Bertz CT molecular complexity index is 508. The van der Waals surface area contributed by atoms with Gasteiger partial charge in [-0.25, -0.2) is 4.98 Å². The molecule has 1 aromatic rings. The molecule has 0 unspecified atom stereocenters. The molecule has 0 atom stereocenters. The van der Waals surface area contributed by atoms with Crippen LogP contribution in [0.3, 0.4) is 0 Å². The van der Waals surface area contributed by atoms with E-state index >= 15 is 0 Å². The minimum absolute atomic E-state index is 0.0408. The summed E-state index contributed by atoms with van der Waals surface area (Å²) >= 11 is 0. The number of anilines is 2. The molecule has 1 amide bonds. The number of piperidine rings is 1. The number of rotatable bonds is 4. The lowest BCUT2D eigenvalue weighted by atomic mass is 9.79. The molecular weight excluding hydrogens is 278 g/mol. The number of nitrogens with two attached hydrogens (primary N) is 1. The Morgan fingerprint density at radius 3 is 2.45 bits per heavy atom. The van der Waals surface area contributed by atoms with Crippen molar-refractivity contribution in [1.29, 1.82) is 0 Å². The van der Waals surface area contributed by atoms with Gasteiger partial charge in [0.1, 0.15) is 5.82 Å². The van der Waals surface area contributed by atoms with Gasteiger partial charge in [-0.05, 0) is 52.7 Å².